The first-order valence-electron chi connectivity index (χ1n) is 4.60. The third-order valence-corrected chi connectivity index (χ3v) is 3.62. The molecule has 2 bridgehead atoms. The van der Waals surface area contributed by atoms with E-state index in [-0.39, 0.29) is 11.8 Å². The molecule has 3 nitrogen and oxygen atoms in total. The molecule has 0 heterocycles. The van der Waals surface area contributed by atoms with Crippen LogP contribution in [0.4, 0.5) is 0 Å². The zero-order chi connectivity index (χ0) is 8.77. The first-order valence-corrected chi connectivity index (χ1v) is 4.60. The van der Waals surface area contributed by atoms with Crippen LogP contribution >= 0.6 is 0 Å². The van der Waals surface area contributed by atoms with Crippen LogP contribution in [0.15, 0.2) is 0 Å². The van der Waals surface area contributed by atoms with E-state index in [1.807, 2.05) is 0 Å². The maximum atomic E-state index is 5.99. The van der Waals surface area contributed by atoms with Crippen LogP contribution in [0.1, 0.15) is 19.3 Å². The van der Waals surface area contributed by atoms with Crippen LogP contribution in [-0.2, 0) is 9.47 Å². The summed E-state index contributed by atoms with van der Waals surface area (Å²) < 4.78 is 11.0. The minimum Gasteiger partial charge on any atom is -0.353 e. The normalized spacial score (nSPS) is 43.8. The summed E-state index contributed by atoms with van der Waals surface area (Å²) in [6.45, 7) is 0. The van der Waals surface area contributed by atoms with Crippen molar-refractivity contribution in [2.24, 2.45) is 17.6 Å². The highest BCUT2D eigenvalue weighted by Crippen LogP contribution is 2.53. The highest BCUT2D eigenvalue weighted by molar-refractivity contribution is 5.05. The first kappa shape index (κ1) is 8.48. The van der Waals surface area contributed by atoms with Crippen molar-refractivity contribution in [3.63, 3.8) is 0 Å². The smallest absolute Gasteiger partial charge is 0.174 e. The second kappa shape index (κ2) is 2.69. The molecular formula is C9H17NO2. The molecule has 2 saturated carbocycles. The number of fused-ring (bicyclic) bond motifs is 2. The second-order valence-electron chi connectivity index (χ2n) is 3.91. The minimum atomic E-state index is -0.348. The zero-order valence-electron chi connectivity index (χ0n) is 7.75. The van der Waals surface area contributed by atoms with Crippen molar-refractivity contribution in [1.29, 1.82) is 0 Å². The molecular weight excluding hydrogens is 154 g/mol. The molecule has 3 unspecified atom stereocenters. The van der Waals surface area contributed by atoms with Crippen molar-refractivity contribution in [2.45, 2.75) is 31.1 Å². The Labute approximate surface area is 73.2 Å². The topological polar surface area (TPSA) is 44.5 Å². The Balaban J connectivity index is 2.26. The Morgan fingerprint density at radius 3 is 2.17 bits per heavy atom. The summed E-state index contributed by atoms with van der Waals surface area (Å²) >= 11 is 0. The van der Waals surface area contributed by atoms with Gasteiger partial charge in [-0.1, -0.05) is 0 Å². The lowest BCUT2D eigenvalue weighted by Crippen LogP contribution is -2.42. The van der Waals surface area contributed by atoms with Crippen molar-refractivity contribution >= 4 is 0 Å². The van der Waals surface area contributed by atoms with E-state index in [0.29, 0.717) is 11.8 Å². The molecule has 12 heavy (non-hydrogen) atoms. The van der Waals surface area contributed by atoms with E-state index in [2.05, 4.69) is 0 Å². The van der Waals surface area contributed by atoms with E-state index in [1.165, 1.54) is 6.42 Å². The van der Waals surface area contributed by atoms with Gasteiger partial charge in [0, 0.05) is 32.1 Å². The van der Waals surface area contributed by atoms with Gasteiger partial charge in [0.2, 0.25) is 0 Å². The zero-order valence-corrected chi connectivity index (χ0v) is 7.75. The summed E-state index contributed by atoms with van der Waals surface area (Å²) in [5.74, 6) is 0.587. The van der Waals surface area contributed by atoms with Crippen molar-refractivity contribution in [1.82, 2.24) is 0 Å². The Bertz CT molecular complexity index is 179. The van der Waals surface area contributed by atoms with Gasteiger partial charge < -0.3 is 15.2 Å². The summed E-state index contributed by atoms with van der Waals surface area (Å²) in [5.41, 5.74) is 5.99. The van der Waals surface area contributed by atoms with Crippen molar-refractivity contribution in [3.8, 4) is 0 Å². The third kappa shape index (κ3) is 0.817. The summed E-state index contributed by atoms with van der Waals surface area (Å²) in [6.07, 6.45) is 3.43. The highest BCUT2D eigenvalue weighted by Gasteiger charge is 2.59. The molecule has 3 atom stereocenters. The first-order chi connectivity index (χ1) is 5.74. The standard InChI is InChI=1S/C9H17NO2/c1-11-9(12-2)6-3-4-7(9)8(10)5-6/h6-8H,3-5,10H2,1-2H3. The molecule has 70 valence electrons. The van der Waals surface area contributed by atoms with Crippen LogP contribution in [0, 0.1) is 11.8 Å². The van der Waals surface area contributed by atoms with Crippen LogP contribution in [0.25, 0.3) is 0 Å². The van der Waals surface area contributed by atoms with E-state index < -0.39 is 0 Å². The summed E-state index contributed by atoms with van der Waals surface area (Å²) in [7, 11) is 3.46. The quantitative estimate of drug-likeness (QED) is 0.623. The van der Waals surface area contributed by atoms with E-state index in [9.17, 15) is 0 Å². The van der Waals surface area contributed by atoms with Crippen molar-refractivity contribution in [3.05, 3.63) is 0 Å². The number of hydrogen-bond acceptors (Lipinski definition) is 3. The Morgan fingerprint density at radius 2 is 1.92 bits per heavy atom. The fourth-order valence-electron chi connectivity index (χ4n) is 3.09. The molecule has 2 N–H and O–H groups in total. The highest BCUT2D eigenvalue weighted by atomic mass is 16.7. The maximum absolute atomic E-state index is 5.99. The van der Waals surface area contributed by atoms with Gasteiger partial charge in [0.25, 0.3) is 0 Å². The fraction of sp³-hybridized carbons (Fsp3) is 1.00. The van der Waals surface area contributed by atoms with Crippen LogP contribution in [0.2, 0.25) is 0 Å². The molecule has 0 aromatic rings. The molecule has 2 aliphatic carbocycles. The molecule has 0 aliphatic heterocycles. The van der Waals surface area contributed by atoms with Crippen LogP contribution in [0.3, 0.4) is 0 Å². The summed E-state index contributed by atoms with van der Waals surface area (Å²) in [5, 5.41) is 0. The lowest BCUT2D eigenvalue weighted by atomic mass is 9.96. The SMILES string of the molecule is COC1(OC)C2CCC1C(N)C2. The Hall–Kier alpha value is -0.120. The van der Waals surface area contributed by atoms with Gasteiger partial charge >= 0.3 is 0 Å². The second-order valence-corrected chi connectivity index (χ2v) is 3.91. The lowest BCUT2D eigenvalue weighted by molar-refractivity contribution is -0.235. The molecule has 2 fully saturated rings. The molecule has 0 spiro atoms. The summed E-state index contributed by atoms with van der Waals surface area (Å²) in [4.78, 5) is 0. The number of methoxy groups -OCH3 is 2. The number of hydrogen-bond donors (Lipinski definition) is 1. The average Bonchev–Trinajstić information content (AvgIpc) is 2.56. The molecule has 0 radical (unpaired) electrons. The van der Waals surface area contributed by atoms with Gasteiger partial charge in [-0.05, 0) is 19.3 Å². The van der Waals surface area contributed by atoms with Crippen LogP contribution < -0.4 is 5.73 Å². The lowest BCUT2D eigenvalue weighted by Gasteiger charge is -2.31. The molecule has 2 rings (SSSR count). The number of nitrogens with two attached hydrogens (primary N) is 1. The van der Waals surface area contributed by atoms with Gasteiger partial charge in [0.15, 0.2) is 5.79 Å². The van der Waals surface area contributed by atoms with E-state index in [1.54, 1.807) is 14.2 Å². The number of ether oxygens (including phenoxy) is 2. The van der Waals surface area contributed by atoms with Gasteiger partial charge in [-0.15, -0.1) is 0 Å². The third-order valence-electron chi connectivity index (χ3n) is 3.62. The van der Waals surface area contributed by atoms with E-state index in [4.69, 9.17) is 15.2 Å². The van der Waals surface area contributed by atoms with Crippen molar-refractivity contribution in [2.75, 3.05) is 14.2 Å². The van der Waals surface area contributed by atoms with E-state index in [0.717, 1.165) is 12.8 Å². The molecule has 2 aliphatic rings. The van der Waals surface area contributed by atoms with Gasteiger partial charge in [-0.3, -0.25) is 0 Å². The largest absolute Gasteiger partial charge is 0.353 e. The van der Waals surface area contributed by atoms with Gasteiger partial charge in [-0.25, -0.2) is 0 Å². The average molecular weight is 171 g/mol. The van der Waals surface area contributed by atoms with Gasteiger partial charge in [-0.2, -0.15) is 0 Å². The molecule has 0 aromatic heterocycles. The minimum absolute atomic E-state index is 0.281. The maximum Gasteiger partial charge on any atom is 0.174 e. The molecule has 0 amide bonds. The van der Waals surface area contributed by atoms with E-state index >= 15 is 0 Å². The Kier molecular flexibility index (Phi) is 1.90. The number of rotatable bonds is 2. The predicted octanol–water partition coefficient (Wildman–Crippen LogP) is 0.733. The monoisotopic (exact) mass is 171 g/mol. The van der Waals surface area contributed by atoms with Gasteiger partial charge in [0.05, 0.1) is 0 Å². The van der Waals surface area contributed by atoms with Gasteiger partial charge in [0.1, 0.15) is 0 Å². The van der Waals surface area contributed by atoms with Crippen LogP contribution in [-0.4, -0.2) is 26.0 Å². The van der Waals surface area contributed by atoms with Crippen molar-refractivity contribution < 1.29 is 9.47 Å². The molecule has 3 heteroatoms. The summed E-state index contributed by atoms with van der Waals surface area (Å²) in [6, 6.07) is 0.281. The Morgan fingerprint density at radius 1 is 1.25 bits per heavy atom. The molecule has 0 aromatic carbocycles. The fourth-order valence-corrected chi connectivity index (χ4v) is 3.09. The predicted molar refractivity (Wildman–Crippen MR) is 45.6 cm³/mol. The molecule has 0 saturated heterocycles. The van der Waals surface area contributed by atoms with Crippen LogP contribution in [0.5, 0.6) is 0 Å².